The smallest absolute Gasteiger partial charge is 0.305 e. The van der Waals surface area contributed by atoms with Crippen molar-refractivity contribution in [3.63, 3.8) is 0 Å². The van der Waals surface area contributed by atoms with Gasteiger partial charge in [0.1, 0.15) is 0 Å². The highest BCUT2D eigenvalue weighted by Gasteiger charge is 2.20. The number of esters is 1. The minimum Gasteiger partial charge on any atom is -0.466 e. The first-order valence-corrected chi connectivity index (χ1v) is 3.98. The van der Waals surface area contributed by atoms with E-state index in [2.05, 4.69) is 0 Å². The molecule has 0 aromatic carbocycles. The van der Waals surface area contributed by atoms with Gasteiger partial charge in [0.05, 0.1) is 6.61 Å². The molecule has 0 aliphatic heterocycles. The fourth-order valence-corrected chi connectivity index (χ4v) is 0.848. The molecule has 1 saturated carbocycles. The average molecular weight is 142 g/mol. The third-order valence-corrected chi connectivity index (χ3v) is 1.77. The molecular formula is C8H14O2. The van der Waals surface area contributed by atoms with Gasteiger partial charge in [0.15, 0.2) is 0 Å². The Hall–Kier alpha value is -0.530. The molecule has 0 radical (unpaired) electrons. The Morgan fingerprint density at radius 2 is 2.30 bits per heavy atom. The van der Waals surface area contributed by atoms with Crippen LogP contribution in [0.5, 0.6) is 0 Å². The lowest BCUT2D eigenvalue weighted by Crippen LogP contribution is -2.03. The largest absolute Gasteiger partial charge is 0.466 e. The highest BCUT2D eigenvalue weighted by molar-refractivity contribution is 5.68. The first kappa shape index (κ1) is 7.58. The van der Waals surface area contributed by atoms with Crippen molar-refractivity contribution in [1.82, 2.24) is 0 Å². The molecule has 0 N–H and O–H groups in total. The third-order valence-electron chi connectivity index (χ3n) is 1.77. The van der Waals surface area contributed by atoms with Crippen molar-refractivity contribution in [3.05, 3.63) is 0 Å². The molecule has 0 saturated heterocycles. The number of hydrogen-bond donors (Lipinski definition) is 0. The fourth-order valence-electron chi connectivity index (χ4n) is 0.848. The van der Waals surface area contributed by atoms with E-state index < -0.39 is 0 Å². The Morgan fingerprint density at radius 1 is 1.60 bits per heavy atom. The zero-order valence-corrected chi connectivity index (χ0v) is 6.43. The van der Waals surface area contributed by atoms with Crippen LogP contribution in [0.3, 0.4) is 0 Å². The van der Waals surface area contributed by atoms with E-state index in [0.29, 0.717) is 13.0 Å². The second kappa shape index (κ2) is 3.59. The molecule has 0 atom stereocenters. The number of rotatable bonds is 4. The summed E-state index contributed by atoms with van der Waals surface area (Å²) in [5.41, 5.74) is 0. The predicted molar refractivity (Wildman–Crippen MR) is 38.6 cm³/mol. The maximum absolute atomic E-state index is 10.6. The van der Waals surface area contributed by atoms with Gasteiger partial charge < -0.3 is 4.74 Å². The summed E-state index contributed by atoms with van der Waals surface area (Å²) in [6, 6.07) is 0. The van der Waals surface area contributed by atoms with Crippen molar-refractivity contribution in [2.75, 3.05) is 6.61 Å². The molecule has 0 amide bonds. The molecule has 0 bridgehead atoms. The number of carbonyl (C=O) groups excluding carboxylic acids is 1. The summed E-state index contributed by atoms with van der Waals surface area (Å²) >= 11 is 0. The van der Waals surface area contributed by atoms with E-state index in [0.717, 1.165) is 12.3 Å². The molecular weight excluding hydrogens is 128 g/mol. The molecule has 0 unspecified atom stereocenters. The second-order valence-electron chi connectivity index (χ2n) is 2.81. The second-order valence-corrected chi connectivity index (χ2v) is 2.81. The van der Waals surface area contributed by atoms with Crippen molar-refractivity contribution in [2.24, 2.45) is 5.92 Å². The van der Waals surface area contributed by atoms with Crippen LogP contribution in [-0.4, -0.2) is 12.6 Å². The Morgan fingerprint density at radius 3 is 2.80 bits per heavy atom. The van der Waals surface area contributed by atoms with Crippen molar-refractivity contribution in [2.45, 2.75) is 32.6 Å². The van der Waals surface area contributed by atoms with Crippen LogP contribution in [-0.2, 0) is 9.53 Å². The standard InChI is InChI=1S/C8H14O2/c1-2-8(9)10-6-5-7-3-4-7/h7H,2-6H2,1H3. The van der Waals surface area contributed by atoms with E-state index in [9.17, 15) is 4.79 Å². The first-order valence-electron chi connectivity index (χ1n) is 3.98. The Balaban J connectivity index is 1.88. The van der Waals surface area contributed by atoms with Crippen molar-refractivity contribution in [1.29, 1.82) is 0 Å². The molecule has 1 fully saturated rings. The maximum Gasteiger partial charge on any atom is 0.305 e. The lowest BCUT2D eigenvalue weighted by molar-refractivity contribution is -0.143. The van der Waals surface area contributed by atoms with E-state index in [1.165, 1.54) is 12.8 Å². The molecule has 2 nitrogen and oxygen atoms in total. The number of hydrogen-bond acceptors (Lipinski definition) is 2. The monoisotopic (exact) mass is 142 g/mol. The zero-order valence-electron chi connectivity index (χ0n) is 6.43. The van der Waals surface area contributed by atoms with Gasteiger partial charge in [-0.25, -0.2) is 0 Å². The Bertz CT molecular complexity index is 116. The van der Waals surface area contributed by atoms with E-state index >= 15 is 0 Å². The first-order chi connectivity index (χ1) is 4.83. The van der Waals surface area contributed by atoms with Gasteiger partial charge in [-0.2, -0.15) is 0 Å². The Kier molecular flexibility index (Phi) is 2.72. The van der Waals surface area contributed by atoms with E-state index in [-0.39, 0.29) is 5.97 Å². The minimum atomic E-state index is -0.0688. The lowest BCUT2D eigenvalue weighted by atomic mass is 10.3. The van der Waals surface area contributed by atoms with Gasteiger partial charge in [-0.3, -0.25) is 4.79 Å². The molecule has 1 rings (SSSR count). The summed E-state index contributed by atoms with van der Waals surface area (Å²) in [5, 5.41) is 0. The summed E-state index contributed by atoms with van der Waals surface area (Å²) in [4.78, 5) is 10.6. The van der Waals surface area contributed by atoms with Gasteiger partial charge in [-0.05, 0) is 12.3 Å². The zero-order chi connectivity index (χ0) is 7.40. The topological polar surface area (TPSA) is 26.3 Å². The molecule has 1 aliphatic rings. The van der Waals surface area contributed by atoms with Crippen molar-refractivity contribution < 1.29 is 9.53 Å². The average Bonchev–Trinajstić information content (AvgIpc) is 2.71. The summed E-state index contributed by atoms with van der Waals surface area (Å²) in [6.07, 6.45) is 4.25. The van der Waals surface area contributed by atoms with Gasteiger partial charge >= 0.3 is 5.97 Å². The van der Waals surface area contributed by atoms with Crippen LogP contribution >= 0.6 is 0 Å². The third kappa shape index (κ3) is 2.85. The summed E-state index contributed by atoms with van der Waals surface area (Å²) < 4.78 is 4.90. The molecule has 0 spiro atoms. The van der Waals surface area contributed by atoms with Crippen LogP contribution in [0.25, 0.3) is 0 Å². The molecule has 1 aliphatic carbocycles. The van der Waals surface area contributed by atoms with E-state index in [1.54, 1.807) is 0 Å². The Labute approximate surface area is 61.6 Å². The summed E-state index contributed by atoms with van der Waals surface area (Å²) in [5.74, 6) is 0.797. The van der Waals surface area contributed by atoms with Crippen LogP contribution in [0.1, 0.15) is 32.6 Å². The van der Waals surface area contributed by atoms with Crippen molar-refractivity contribution >= 4 is 5.97 Å². The van der Waals surface area contributed by atoms with Crippen LogP contribution < -0.4 is 0 Å². The number of carbonyl (C=O) groups is 1. The molecule has 0 aromatic heterocycles. The summed E-state index contributed by atoms with van der Waals surface area (Å²) in [6.45, 7) is 2.46. The van der Waals surface area contributed by atoms with Gasteiger partial charge in [0.2, 0.25) is 0 Å². The number of ether oxygens (including phenoxy) is 1. The lowest BCUT2D eigenvalue weighted by Gasteiger charge is -2.00. The predicted octanol–water partition coefficient (Wildman–Crippen LogP) is 1.74. The van der Waals surface area contributed by atoms with Crippen LogP contribution in [0, 0.1) is 5.92 Å². The highest BCUT2D eigenvalue weighted by Crippen LogP contribution is 2.32. The van der Waals surface area contributed by atoms with Crippen molar-refractivity contribution in [3.8, 4) is 0 Å². The SMILES string of the molecule is CCC(=O)OCCC1CC1. The van der Waals surface area contributed by atoms with Gasteiger partial charge in [-0.1, -0.05) is 19.8 Å². The van der Waals surface area contributed by atoms with Gasteiger partial charge in [0.25, 0.3) is 0 Å². The molecule has 0 heterocycles. The van der Waals surface area contributed by atoms with E-state index in [1.807, 2.05) is 6.92 Å². The minimum absolute atomic E-state index is 0.0688. The molecule has 2 heteroatoms. The van der Waals surface area contributed by atoms with E-state index in [4.69, 9.17) is 4.74 Å². The van der Waals surface area contributed by atoms with Gasteiger partial charge in [-0.15, -0.1) is 0 Å². The molecule has 0 aromatic rings. The summed E-state index contributed by atoms with van der Waals surface area (Å²) in [7, 11) is 0. The molecule has 58 valence electrons. The highest BCUT2D eigenvalue weighted by atomic mass is 16.5. The normalized spacial score (nSPS) is 16.9. The van der Waals surface area contributed by atoms with Crippen LogP contribution in [0.15, 0.2) is 0 Å². The van der Waals surface area contributed by atoms with Gasteiger partial charge in [0, 0.05) is 6.42 Å². The van der Waals surface area contributed by atoms with Crippen LogP contribution in [0.4, 0.5) is 0 Å². The quantitative estimate of drug-likeness (QED) is 0.559. The fraction of sp³-hybridized carbons (Fsp3) is 0.875. The van der Waals surface area contributed by atoms with Crippen LogP contribution in [0.2, 0.25) is 0 Å². The molecule has 10 heavy (non-hydrogen) atoms. The maximum atomic E-state index is 10.6.